The van der Waals surface area contributed by atoms with E-state index >= 15 is 0 Å². The van der Waals surface area contributed by atoms with Crippen LogP contribution in [-0.2, 0) is 9.53 Å². The minimum Gasteiger partial charge on any atom is -0.465 e. The van der Waals surface area contributed by atoms with Crippen molar-refractivity contribution in [3.63, 3.8) is 0 Å². The summed E-state index contributed by atoms with van der Waals surface area (Å²) in [5.41, 5.74) is 0.258. The largest absolute Gasteiger partial charge is 0.465 e. The standard InChI is InChI=1S/C15H19FN2O3/c1-21-15(20)12-8-10(16)6-7-13(12)18-14(19)9-17-11-4-2-3-5-11/h6-8,11,17H,2-5,9H2,1H3,(H,18,19). The molecule has 0 radical (unpaired) electrons. The Labute approximate surface area is 122 Å². The van der Waals surface area contributed by atoms with Crippen molar-refractivity contribution in [1.82, 2.24) is 5.32 Å². The van der Waals surface area contributed by atoms with Crippen molar-refractivity contribution in [3.8, 4) is 0 Å². The summed E-state index contributed by atoms with van der Waals surface area (Å²) in [4.78, 5) is 23.5. The highest BCUT2D eigenvalue weighted by atomic mass is 19.1. The Hall–Kier alpha value is -1.95. The number of hydrogen-bond acceptors (Lipinski definition) is 4. The summed E-state index contributed by atoms with van der Waals surface area (Å²) in [7, 11) is 1.21. The van der Waals surface area contributed by atoms with Crippen LogP contribution in [0.1, 0.15) is 36.0 Å². The number of esters is 1. The minimum absolute atomic E-state index is 0.00622. The molecule has 1 aromatic carbocycles. The van der Waals surface area contributed by atoms with Gasteiger partial charge in [0.15, 0.2) is 0 Å². The molecule has 114 valence electrons. The molecule has 2 rings (SSSR count). The number of nitrogens with one attached hydrogen (secondary N) is 2. The van der Waals surface area contributed by atoms with Gasteiger partial charge in [-0.15, -0.1) is 0 Å². The zero-order chi connectivity index (χ0) is 15.2. The first-order valence-corrected chi connectivity index (χ1v) is 7.01. The lowest BCUT2D eigenvalue weighted by atomic mass is 10.1. The van der Waals surface area contributed by atoms with Gasteiger partial charge in [0.05, 0.1) is 24.9 Å². The zero-order valence-corrected chi connectivity index (χ0v) is 11.9. The van der Waals surface area contributed by atoms with Crippen LogP contribution in [0.4, 0.5) is 10.1 Å². The van der Waals surface area contributed by atoms with Gasteiger partial charge in [0.2, 0.25) is 5.91 Å². The van der Waals surface area contributed by atoms with Crippen LogP contribution in [0.5, 0.6) is 0 Å². The first-order valence-electron chi connectivity index (χ1n) is 7.01. The predicted molar refractivity (Wildman–Crippen MR) is 76.6 cm³/mol. The molecule has 1 aliphatic carbocycles. The van der Waals surface area contributed by atoms with Crippen LogP contribution in [0, 0.1) is 5.82 Å². The van der Waals surface area contributed by atoms with E-state index in [0.717, 1.165) is 18.9 Å². The topological polar surface area (TPSA) is 67.4 Å². The van der Waals surface area contributed by atoms with Crippen LogP contribution in [0.15, 0.2) is 18.2 Å². The molecule has 0 heterocycles. The predicted octanol–water partition coefficient (Wildman–Crippen LogP) is 2.08. The summed E-state index contributed by atoms with van der Waals surface area (Å²) >= 11 is 0. The highest BCUT2D eigenvalue weighted by molar-refractivity contribution is 6.01. The van der Waals surface area contributed by atoms with Crippen molar-refractivity contribution in [3.05, 3.63) is 29.6 Å². The van der Waals surface area contributed by atoms with Crippen molar-refractivity contribution in [2.45, 2.75) is 31.7 Å². The molecule has 1 aliphatic rings. The van der Waals surface area contributed by atoms with E-state index in [0.29, 0.717) is 6.04 Å². The SMILES string of the molecule is COC(=O)c1cc(F)ccc1NC(=O)CNC1CCCC1. The average molecular weight is 294 g/mol. The van der Waals surface area contributed by atoms with E-state index in [-0.39, 0.29) is 23.7 Å². The van der Waals surface area contributed by atoms with Gasteiger partial charge in [-0.2, -0.15) is 0 Å². The normalized spacial score (nSPS) is 15.0. The Balaban J connectivity index is 1.97. The molecule has 21 heavy (non-hydrogen) atoms. The Morgan fingerprint density at radius 2 is 2.05 bits per heavy atom. The van der Waals surface area contributed by atoms with Crippen LogP contribution in [-0.4, -0.2) is 31.6 Å². The van der Waals surface area contributed by atoms with Gasteiger partial charge in [-0.3, -0.25) is 4.79 Å². The molecule has 0 bridgehead atoms. The van der Waals surface area contributed by atoms with Gasteiger partial charge in [-0.25, -0.2) is 9.18 Å². The molecule has 1 aromatic rings. The maximum Gasteiger partial charge on any atom is 0.340 e. The molecule has 5 nitrogen and oxygen atoms in total. The molecule has 0 unspecified atom stereocenters. The molecule has 6 heteroatoms. The second-order valence-corrected chi connectivity index (χ2v) is 5.09. The van der Waals surface area contributed by atoms with E-state index in [1.807, 2.05) is 0 Å². The van der Waals surface area contributed by atoms with Crippen molar-refractivity contribution >= 4 is 17.6 Å². The van der Waals surface area contributed by atoms with Crippen molar-refractivity contribution in [2.24, 2.45) is 0 Å². The molecule has 2 N–H and O–H groups in total. The van der Waals surface area contributed by atoms with Crippen LogP contribution >= 0.6 is 0 Å². The van der Waals surface area contributed by atoms with Gasteiger partial charge < -0.3 is 15.4 Å². The zero-order valence-electron chi connectivity index (χ0n) is 11.9. The van der Waals surface area contributed by atoms with E-state index in [1.54, 1.807) is 0 Å². The van der Waals surface area contributed by atoms with Gasteiger partial charge >= 0.3 is 5.97 Å². The van der Waals surface area contributed by atoms with E-state index in [9.17, 15) is 14.0 Å². The van der Waals surface area contributed by atoms with E-state index in [4.69, 9.17) is 0 Å². The first kappa shape index (κ1) is 15.4. The number of rotatable bonds is 5. The lowest BCUT2D eigenvalue weighted by Crippen LogP contribution is -2.34. The lowest BCUT2D eigenvalue weighted by molar-refractivity contribution is -0.115. The lowest BCUT2D eigenvalue weighted by Gasteiger charge is -2.13. The third-order valence-electron chi connectivity index (χ3n) is 3.57. The molecule has 0 aliphatic heterocycles. The minimum atomic E-state index is -0.687. The summed E-state index contributed by atoms with van der Waals surface area (Å²) in [6.45, 7) is 0.169. The second-order valence-electron chi connectivity index (χ2n) is 5.09. The van der Waals surface area contributed by atoms with E-state index in [1.165, 1.54) is 32.1 Å². The third kappa shape index (κ3) is 4.26. The Bertz CT molecular complexity index is 528. The van der Waals surface area contributed by atoms with Crippen LogP contribution < -0.4 is 10.6 Å². The smallest absolute Gasteiger partial charge is 0.340 e. The van der Waals surface area contributed by atoms with Crippen molar-refractivity contribution < 1.29 is 18.7 Å². The summed E-state index contributed by atoms with van der Waals surface area (Å²) in [6, 6.07) is 3.97. The summed E-state index contributed by atoms with van der Waals surface area (Å²) in [6.07, 6.45) is 4.53. The Morgan fingerprint density at radius 1 is 1.33 bits per heavy atom. The van der Waals surface area contributed by atoms with Gasteiger partial charge in [0, 0.05) is 6.04 Å². The monoisotopic (exact) mass is 294 g/mol. The number of benzene rings is 1. The highest BCUT2D eigenvalue weighted by Gasteiger charge is 2.17. The summed E-state index contributed by atoms with van der Waals surface area (Å²) in [5.74, 6) is -1.51. The van der Waals surface area contributed by atoms with Crippen molar-refractivity contribution in [2.75, 3.05) is 19.0 Å². The fourth-order valence-electron chi connectivity index (χ4n) is 2.47. The number of amides is 1. The molecule has 0 aromatic heterocycles. The number of hydrogen-bond donors (Lipinski definition) is 2. The number of carbonyl (C=O) groups excluding carboxylic acids is 2. The number of anilines is 1. The van der Waals surface area contributed by atoms with Crippen LogP contribution in [0.2, 0.25) is 0 Å². The number of methoxy groups -OCH3 is 1. The number of ether oxygens (including phenoxy) is 1. The van der Waals surface area contributed by atoms with E-state index in [2.05, 4.69) is 15.4 Å². The third-order valence-corrected chi connectivity index (χ3v) is 3.57. The molecule has 0 atom stereocenters. The molecule has 1 amide bonds. The van der Waals surface area contributed by atoms with Gasteiger partial charge in [-0.1, -0.05) is 12.8 Å². The molecule has 0 spiro atoms. The molecular weight excluding hydrogens is 275 g/mol. The second kappa shape index (κ2) is 7.17. The Kier molecular flexibility index (Phi) is 5.27. The van der Waals surface area contributed by atoms with Gasteiger partial charge in [-0.05, 0) is 31.0 Å². The first-order chi connectivity index (χ1) is 10.1. The van der Waals surface area contributed by atoms with Crippen LogP contribution in [0.25, 0.3) is 0 Å². The molecule has 0 saturated heterocycles. The summed E-state index contributed by atoms with van der Waals surface area (Å²) < 4.78 is 17.8. The van der Waals surface area contributed by atoms with Gasteiger partial charge in [0.25, 0.3) is 0 Å². The van der Waals surface area contributed by atoms with Crippen molar-refractivity contribution in [1.29, 1.82) is 0 Å². The highest BCUT2D eigenvalue weighted by Crippen LogP contribution is 2.19. The van der Waals surface area contributed by atoms with E-state index < -0.39 is 11.8 Å². The molecule has 1 fully saturated rings. The van der Waals surface area contributed by atoms with Crippen LogP contribution in [0.3, 0.4) is 0 Å². The average Bonchev–Trinajstić information content (AvgIpc) is 2.99. The molecular formula is C15H19FN2O3. The quantitative estimate of drug-likeness (QED) is 0.816. The number of halogens is 1. The number of carbonyl (C=O) groups is 2. The summed E-state index contributed by atoms with van der Waals surface area (Å²) in [5, 5.41) is 5.78. The fourth-order valence-corrected chi connectivity index (χ4v) is 2.47. The Morgan fingerprint density at radius 3 is 2.71 bits per heavy atom. The van der Waals surface area contributed by atoms with Gasteiger partial charge in [0.1, 0.15) is 5.82 Å². The maximum atomic E-state index is 13.2. The molecule has 1 saturated carbocycles. The maximum absolute atomic E-state index is 13.2. The fraction of sp³-hybridized carbons (Fsp3) is 0.467.